The van der Waals surface area contributed by atoms with Crippen LogP contribution in [0.5, 0.6) is 0 Å². The highest BCUT2D eigenvalue weighted by atomic mass is 16.1. The summed E-state index contributed by atoms with van der Waals surface area (Å²) in [7, 11) is 1.87. The van der Waals surface area contributed by atoms with Crippen molar-refractivity contribution in [2.24, 2.45) is 13.0 Å². The van der Waals surface area contributed by atoms with Gasteiger partial charge in [-0.05, 0) is 43.5 Å². The van der Waals surface area contributed by atoms with Gasteiger partial charge in [-0.25, -0.2) is 0 Å². The van der Waals surface area contributed by atoms with Crippen molar-refractivity contribution in [2.75, 3.05) is 5.32 Å². The number of nitrogens with one attached hydrogen (secondary N) is 2. The first kappa shape index (κ1) is 17.1. The van der Waals surface area contributed by atoms with Crippen LogP contribution in [0.2, 0.25) is 0 Å². The summed E-state index contributed by atoms with van der Waals surface area (Å²) < 4.78 is 1.76. The van der Waals surface area contributed by atoms with Gasteiger partial charge in [0.05, 0.1) is 12.2 Å². The molecule has 0 spiro atoms. The van der Waals surface area contributed by atoms with E-state index in [-0.39, 0.29) is 5.91 Å². The number of aryl methyl sites for hydroxylation is 1. The zero-order valence-electron chi connectivity index (χ0n) is 14.6. The maximum atomic E-state index is 12.5. The average Bonchev–Trinajstić information content (AvgIpc) is 2.92. The molecule has 2 N–H and O–H groups in total. The molecule has 124 valence electrons. The maximum Gasteiger partial charge on any atom is 0.251 e. The van der Waals surface area contributed by atoms with Crippen molar-refractivity contribution < 1.29 is 4.79 Å². The lowest BCUT2D eigenvalue weighted by molar-refractivity contribution is 0.0949. The van der Waals surface area contributed by atoms with Gasteiger partial charge in [-0.15, -0.1) is 0 Å². The number of benzene rings is 1. The summed E-state index contributed by atoms with van der Waals surface area (Å²) in [5.41, 5.74) is 3.66. The lowest BCUT2D eigenvalue weighted by Crippen LogP contribution is -2.26. The van der Waals surface area contributed by atoms with Gasteiger partial charge >= 0.3 is 0 Å². The van der Waals surface area contributed by atoms with Crippen LogP contribution < -0.4 is 10.6 Å². The zero-order chi connectivity index (χ0) is 17.0. The Morgan fingerprint density at radius 1 is 1.26 bits per heavy atom. The van der Waals surface area contributed by atoms with E-state index in [1.165, 1.54) is 0 Å². The molecular weight excluding hydrogens is 288 g/mol. The van der Waals surface area contributed by atoms with E-state index < -0.39 is 0 Å². The molecule has 0 radical (unpaired) electrons. The summed E-state index contributed by atoms with van der Waals surface area (Å²) in [6, 6.07) is 8.05. The van der Waals surface area contributed by atoms with Crippen LogP contribution in [0.3, 0.4) is 0 Å². The fraction of sp³-hybridized carbons (Fsp3) is 0.444. The summed E-state index contributed by atoms with van der Waals surface area (Å²) >= 11 is 0. The Labute approximate surface area is 138 Å². The lowest BCUT2D eigenvalue weighted by atomic mass is 10.0. The fourth-order valence-electron chi connectivity index (χ4n) is 2.29. The van der Waals surface area contributed by atoms with Crippen LogP contribution in [0.4, 0.5) is 5.69 Å². The van der Waals surface area contributed by atoms with Crippen molar-refractivity contribution in [3.63, 3.8) is 0 Å². The van der Waals surface area contributed by atoms with Crippen molar-refractivity contribution in [3.05, 3.63) is 47.3 Å². The molecular formula is C18H26N4O. The zero-order valence-corrected chi connectivity index (χ0v) is 14.6. The van der Waals surface area contributed by atoms with Crippen LogP contribution in [-0.4, -0.2) is 21.7 Å². The number of carbonyl (C=O) groups excluding carboxylic acids is 1. The molecule has 0 fully saturated rings. The van der Waals surface area contributed by atoms with E-state index in [0.717, 1.165) is 16.9 Å². The average molecular weight is 314 g/mol. The topological polar surface area (TPSA) is 59.0 Å². The Kier molecular flexibility index (Phi) is 5.42. The van der Waals surface area contributed by atoms with Crippen molar-refractivity contribution in [1.82, 2.24) is 15.1 Å². The Hall–Kier alpha value is -2.30. The third-order valence-electron chi connectivity index (χ3n) is 4.31. The SMILES string of the molecule is Cc1c(N[C@@H](C)C(C)C)cccc1C(=O)NCc1ccnn1C. The first-order valence-electron chi connectivity index (χ1n) is 8.01. The van der Waals surface area contributed by atoms with Gasteiger partial charge in [0.25, 0.3) is 5.91 Å². The molecule has 2 rings (SSSR count). The number of amides is 1. The predicted octanol–water partition coefficient (Wildman–Crippen LogP) is 3.11. The second kappa shape index (κ2) is 7.31. The van der Waals surface area contributed by atoms with E-state index in [0.29, 0.717) is 24.1 Å². The first-order valence-corrected chi connectivity index (χ1v) is 8.01. The molecule has 0 unspecified atom stereocenters. The monoisotopic (exact) mass is 314 g/mol. The molecule has 2 aromatic rings. The number of anilines is 1. The highest BCUT2D eigenvalue weighted by molar-refractivity contribution is 5.97. The van der Waals surface area contributed by atoms with Crippen LogP contribution in [-0.2, 0) is 13.6 Å². The van der Waals surface area contributed by atoms with E-state index >= 15 is 0 Å². The number of rotatable bonds is 6. The highest BCUT2D eigenvalue weighted by Crippen LogP contribution is 2.21. The molecule has 0 bridgehead atoms. The minimum absolute atomic E-state index is 0.0652. The van der Waals surface area contributed by atoms with Crippen LogP contribution in [0.1, 0.15) is 42.4 Å². The number of hydrogen-bond acceptors (Lipinski definition) is 3. The highest BCUT2D eigenvalue weighted by Gasteiger charge is 2.14. The number of nitrogens with zero attached hydrogens (tertiary/aromatic N) is 2. The molecule has 0 saturated heterocycles. The molecule has 1 aromatic carbocycles. The summed E-state index contributed by atoms with van der Waals surface area (Å²) in [6.07, 6.45) is 1.73. The van der Waals surface area contributed by atoms with Crippen molar-refractivity contribution in [3.8, 4) is 0 Å². The van der Waals surface area contributed by atoms with Gasteiger partial charge < -0.3 is 10.6 Å². The quantitative estimate of drug-likeness (QED) is 0.861. The molecule has 0 saturated carbocycles. The van der Waals surface area contributed by atoms with Crippen LogP contribution in [0, 0.1) is 12.8 Å². The van der Waals surface area contributed by atoms with Gasteiger partial charge in [0, 0.05) is 30.5 Å². The van der Waals surface area contributed by atoms with Gasteiger partial charge in [0.2, 0.25) is 0 Å². The lowest BCUT2D eigenvalue weighted by Gasteiger charge is -2.21. The van der Waals surface area contributed by atoms with E-state index in [4.69, 9.17) is 0 Å². The standard InChI is InChI=1S/C18H26N4O/c1-12(2)14(4)21-17-8-6-7-16(13(17)3)18(23)19-11-15-9-10-20-22(15)5/h6-10,12,14,21H,11H2,1-5H3,(H,19,23)/t14-/m0/s1. The number of aromatic nitrogens is 2. The van der Waals surface area contributed by atoms with E-state index in [1.54, 1.807) is 10.9 Å². The first-order chi connectivity index (χ1) is 10.9. The smallest absolute Gasteiger partial charge is 0.251 e. The summed E-state index contributed by atoms with van der Waals surface area (Å²) in [5, 5.41) is 10.6. The molecule has 1 atom stereocenters. The second-order valence-corrected chi connectivity index (χ2v) is 6.28. The Balaban J connectivity index is 2.10. The van der Waals surface area contributed by atoms with E-state index in [1.807, 2.05) is 38.2 Å². The van der Waals surface area contributed by atoms with Gasteiger partial charge in [0.15, 0.2) is 0 Å². The summed E-state index contributed by atoms with van der Waals surface area (Å²) in [5.74, 6) is 0.460. The third kappa shape index (κ3) is 4.12. The van der Waals surface area contributed by atoms with E-state index in [2.05, 4.69) is 36.5 Å². The minimum Gasteiger partial charge on any atom is -0.382 e. The molecule has 23 heavy (non-hydrogen) atoms. The predicted molar refractivity (Wildman–Crippen MR) is 93.5 cm³/mol. The molecule has 1 heterocycles. The molecule has 0 aliphatic rings. The fourth-order valence-corrected chi connectivity index (χ4v) is 2.29. The Bertz CT molecular complexity index is 675. The normalized spacial score (nSPS) is 12.3. The molecule has 1 aromatic heterocycles. The van der Waals surface area contributed by atoms with Crippen LogP contribution >= 0.6 is 0 Å². The Morgan fingerprint density at radius 2 is 2.00 bits per heavy atom. The molecule has 5 nitrogen and oxygen atoms in total. The van der Waals surface area contributed by atoms with Crippen molar-refractivity contribution >= 4 is 11.6 Å². The number of hydrogen-bond donors (Lipinski definition) is 2. The Morgan fingerprint density at radius 3 is 2.61 bits per heavy atom. The van der Waals surface area contributed by atoms with E-state index in [9.17, 15) is 4.79 Å². The molecule has 1 amide bonds. The largest absolute Gasteiger partial charge is 0.382 e. The van der Waals surface area contributed by atoms with Gasteiger partial charge in [-0.2, -0.15) is 5.10 Å². The summed E-state index contributed by atoms with van der Waals surface area (Å²) in [6.45, 7) is 8.96. The second-order valence-electron chi connectivity index (χ2n) is 6.28. The van der Waals surface area contributed by atoms with Crippen LogP contribution in [0.25, 0.3) is 0 Å². The van der Waals surface area contributed by atoms with Gasteiger partial charge in [0.1, 0.15) is 0 Å². The third-order valence-corrected chi connectivity index (χ3v) is 4.31. The summed E-state index contributed by atoms with van der Waals surface area (Å²) in [4.78, 5) is 12.5. The van der Waals surface area contributed by atoms with Crippen LogP contribution in [0.15, 0.2) is 30.5 Å². The van der Waals surface area contributed by atoms with Gasteiger partial charge in [-0.3, -0.25) is 9.48 Å². The molecule has 5 heteroatoms. The van der Waals surface area contributed by atoms with Crippen molar-refractivity contribution in [1.29, 1.82) is 0 Å². The molecule has 0 aliphatic carbocycles. The maximum absolute atomic E-state index is 12.5. The van der Waals surface area contributed by atoms with Crippen molar-refractivity contribution in [2.45, 2.75) is 40.3 Å². The minimum atomic E-state index is -0.0652. The van der Waals surface area contributed by atoms with Gasteiger partial charge in [-0.1, -0.05) is 19.9 Å². The molecule has 0 aliphatic heterocycles. The number of carbonyl (C=O) groups is 1.